The summed E-state index contributed by atoms with van der Waals surface area (Å²) < 4.78 is 38.3. The van der Waals surface area contributed by atoms with Gasteiger partial charge in [-0.25, -0.2) is 8.42 Å². The lowest BCUT2D eigenvalue weighted by Crippen LogP contribution is -2.41. The van der Waals surface area contributed by atoms with Crippen LogP contribution in [0.25, 0.3) is 5.57 Å². The van der Waals surface area contributed by atoms with Crippen LogP contribution >= 0.6 is 0 Å². The molecule has 2 aliphatic heterocycles. The minimum Gasteiger partial charge on any atom is -0.494 e. The first-order chi connectivity index (χ1) is 18.2. The lowest BCUT2D eigenvalue weighted by molar-refractivity contribution is -0.121. The predicted octanol–water partition coefficient (Wildman–Crippen LogP) is 3.83. The Bertz CT molecular complexity index is 1330. The molecule has 0 unspecified atom stereocenters. The summed E-state index contributed by atoms with van der Waals surface area (Å²) in [6.45, 7) is 9.75. The van der Waals surface area contributed by atoms with Gasteiger partial charge < -0.3 is 19.7 Å². The SMILES string of the molecule is C=C1C(=O)N(CCCOC)c2ccc(NC(=O)C3CCN(S(=O)(=O)c4cccc(OCC)c4)CC3)c(C)c21. The lowest BCUT2D eigenvalue weighted by atomic mass is 9.96. The number of nitrogens with zero attached hydrogens (tertiary/aromatic N) is 2. The first kappa shape index (κ1) is 27.8. The molecular weight excluding hydrogens is 506 g/mol. The number of nitrogens with one attached hydrogen (secondary N) is 1. The van der Waals surface area contributed by atoms with Gasteiger partial charge in [0.05, 0.1) is 17.2 Å². The summed E-state index contributed by atoms with van der Waals surface area (Å²) in [6.07, 6.45) is 1.54. The van der Waals surface area contributed by atoms with Crippen molar-refractivity contribution in [3.8, 4) is 5.75 Å². The second-order valence-corrected chi connectivity index (χ2v) is 11.4. The number of hydrogen-bond acceptors (Lipinski definition) is 6. The van der Waals surface area contributed by atoms with Gasteiger partial charge in [0.1, 0.15) is 5.75 Å². The zero-order valence-corrected chi connectivity index (χ0v) is 23.0. The maximum atomic E-state index is 13.2. The van der Waals surface area contributed by atoms with Crippen molar-refractivity contribution in [2.45, 2.75) is 38.0 Å². The first-order valence-electron chi connectivity index (χ1n) is 12.9. The van der Waals surface area contributed by atoms with Gasteiger partial charge >= 0.3 is 0 Å². The Labute approximate surface area is 224 Å². The third-order valence-corrected chi connectivity index (χ3v) is 9.00. The Morgan fingerprint density at radius 3 is 2.61 bits per heavy atom. The molecule has 1 saturated heterocycles. The Kier molecular flexibility index (Phi) is 8.54. The van der Waals surface area contributed by atoms with E-state index in [0.717, 1.165) is 16.8 Å². The molecule has 0 spiro atoms. The number of carbonyl (C=O) groups is 2. The molecule has 2 aromatic rings. The van der Waals surface area contributed by atoms with E-state index in [4.69, 9.17) is 9.47 Å². The Morgan fingerprint density at radius 2 is 1.92 bits per heavy atom. The molecule has 1 fully saturated rings. The number of carbonyl (C=O) groups excluding carboxylic acids is 2. The molecule has 0 radical (unpaired) electrons. The van der Waals surface area contributed by atoms with E-state index in [1.165, 1.54) is 10.4 Å². The van der Waals surface area contributed by atoms with Gasteiger partial charge in [-0.3, -0.25) is 9.59 Å². The van der Waals surface area contributed by atoms with Crippen LogP contribution in [-0.4, -0.2) is 64.5 Å². The van der Waals surface area contributed by atoms with E-state index < -0.39 is 10.0 Å². The molecule has 4 rings (SSSR count). The number of fused-ring (bicyclic) bond motifs is 1. The average Bonchev–Trinajstić information content (AvgIpc) is 3.16. The second-order valence-electron chi connectivity index (χ2n) is 9.49. The van der Waals surface area contributed by atoms with Gasteiger partial charge in [0.25, 0.3) is 5.91 Å². The highest BCUT2D eigenvalue weighted by Crippen LogP contribution is 2.41. The van der Waals surface area contributed by atoms with Crippen molar-refractivity contribution in [1.82, 2.24) is 4.31 Å². The van der Waals surface area contributed by atoms with Crippen molar-refractivity contribution in [3.63, 3.8) is 0 Å². The highest BCUT2D eigenvalue weighted by atomic mass is 32.2. The Morgan fingerprint density at radius 1 is 1.18 bits per heavy atom. The van der Waals surface area contributed by atoms with Crippen LogP contribution in [0, 0.1) is 12.8 Å². The summed E-state index contributed by atoms with van der Waals surface area (Å²) in [6, 6.07) is 10.1. The summed E-state index contributed by atoms with van der Waals surface area (Å²) in [5.41, 5.74) is 3.37. The Hall–Kier alpha value is -3.21. The molecule has 0 aliphatic carbocycles. The monoisotopic (exact) mass is 541 g/mol. The van der Waals surface area contributed by atoms with Crippen LogP contribution in [0.4, 0.5) is 11.4 Å². The third kappa shape index (κ3) is 5.48. The van der Waals surface area contributed by atoms with Crippen LogP contribution in [0.3, 0.4) is 0 Å². The van der Waals surface area contributed by atoms with Gasteiger partial charge in [0.15, 0.2) is 0 Å². The molecule has 38 heavy (non-hydrogen) atoms. The summed E-state index contributed by atoms with van der Waals surface area (Å²) >= 11 is 0. The fourth-order valence-corrected chi connectivity index (χ4v) is 6.55. The quantitative estimate of drug-likeness (QED) is 0.362. The highest BCUT2D eigenvalue weighted by molar-refractivity contribution is 7.89. The summed E-state index contributed by atoms with van der Waals surface area (Å²) in [5, 5.41) is 3.00. The van der Waals surface area contributed by atoms with Gasteiger partial charge in [-0.05, 0) is 62.9 Å². The number of anilines is 2. The zero-order valence-electron chi connectivity index (χ0n) is 22.2. The molecule has 10 heteroatoms. The normalized spacial score (nSPS) is 16.6. The minimum atomic E-state index is -3.68. The van der Waals surface area contributed by atoms with Gasteiger partial charge in [-0.1, -0.05) is 12.6 Å². The number of ether oxygens (including phenoxy) is 2. The smallest absolute Gasteiger partial charge is 0.258 e. The number of methoxy groups -OCH3 is 1. The number of sulfonamides is 1. The van der Waals surface area contributed by atoms with E-state index in [1.54, 1.807) is 30.2 Å². The molecule has 204 valence electrons. The van der Waals surface area contributed by atoms with E-state index in [1.807, 2.05) is 26.0 Å². The van der Waals surface area contributed by atoms with Gasteiger partial charge in [0, 0.05) is 62.2 Å². The van der Waals surface area contributed by atoms with Crippen molar-refractivity contribution in [2.75, 3.05) is 50.2 Å². The van der Waals surface area contributed by atoms with Crippen molar-refractivity contribution >= 4 is 38.8 Å². The van der Waals surface area contributed by atoms with Gasteiger partial charge in [-0.2, -0.15) is 4.31 Å². The van der Waals surface area contributed by atoms with Gasteiger partial charge in [-0.15, -0.1) is 0 Å². The lowest BCUT2D eigenvalue weighted by Gasteiger charge is -2.30. The maximum Gasteiger partial charge on any atom is 0.258 e. The van der Waals surface area contributed by atoms with Crippen molar-refractivity contribution in [2.24, 2.45) is 5.92 Å². The number of rotatable bonds is 10. The molecule has 2 aliphatic rings. The Balaban J connectivity index is 1.41. The molecule has 0 aromatic heterocycles. The largest absolute Gasteiger partial charge is 0.494 e. The van der Waals surface area contributed by atoms with Crippen LogP contribution in [0.5, 0.6) is 5.75 Å². The third-order valence-electron chi connectivity index (χ3n) is 7.11. The van der Waals surface area contributed by atoms with E-state index in [0.29, 0.717) is 56.0 Å². The minimum absolute atomic E-state index is 0.136. The number of amides is 2. The van der Waals surface area contributed by atoms with Crippen molar-refractivity contribution < 1.29 is 27.5 Å². The number of piperidine rings is 1. The predicted molar refractivity (Wildman–Crippen MR) is 147 cm³/mol. The zero-order chi connectivity index (χ0) is 27.4. The fourth-order valence-electron chi connectivity index (χ4n) is 5.04. The van der Waals surface area contributed by atoms with Crippen LogP contribution in [0.1, 0.15) is 37.3 Å². The molecule has 9 nitrogen and oxygen atoms in total. The van der Waals surface area contributed by atoms with E-state index >= 15 is 0 Å². The van der Waals surface area contributed by atoms with Crippen LogP contribution in [0.15, 0.2) is 47.9 Å². The second kappa shape index (κ2) is 11.7. The molecule has 2 heterocycles. The number of benzene rings is 2. The van der Waals surface area contributed by atoms with Crippen molar-refractivity contribution in [1.29, 1.82) is 0 Å². The highest BCUT2D eigenvalue weighted by Gasteiger charge is 2.35. The van der Waals surface area contributed by atoms with E-state index in [2.05, 4.69) is 11.9 Å². The summed E-state index contributed by atoms with van der Waals surface area (Å²) in [4.78, 5) is 27.8. The van der Waals surface area contributed by atoms with Crippen LogP contribution < -0.4 is 15.0 Å². The van der Waals surface area contributed by atoms with Crippen LogP contribution in [-0.2, 0) is 24.3 Å². The molecule has 0 saturated carbocycles. The van der Waals surface area contributed by atoms with E-state index in [9.17, 15) is 18.0 Å². The van der Waals surface area contributed by atoms with Gasteiger partial charge in [0.2, 0.25) is 15.9 Å². The molecule has 2 aromatic carbocycles. The molecule has 0 bridgehead atoms. The molecular formula is C28H35N3O6S. The fraction of sp³-hybridized carbons (Fsp3) is 0.429. The van der Waals surface area contributed by atoms with Crippen LogP contribution in [0.2, 0.25) is 0 Å². The number of hydrogen-bond donors (Lipinski definition) is 1. The standard InChI is InChI=1S/C28H35N3O6S/c1-5-37-22-8-6-9-23(18-22)38(34,35)30-15-12-21(13-16-30)27(32)29-24-10-11-25-26(19(24)2)20(3)28(33)31(25)14-7-17-36-4/h6,8-11,18,21H,3,5,7,12-17H2,1-2,4H3,(H,29,32). The molecule has 0 atom stereocenters. The summed E-state index contributed by atoms with van der Waals surface area (Å²) in [7, 11) is -2.05. The average molecular weight is 542 g/mol. The molecule has 2 amide bonds. The topological polar surface area (TPSA) is 105 Å². The first-order valence-corrected chi connectivity index (χ1v) is 14.3. The molecule has 1 N–H and O–H groups in total. The summed E-state index contributed by atoms with van der Waals surface area (Å²) in [5.74, 6) is -0.104. The maximum absolute atomic E-state index is 13.2. The van der Waals surface area contributed by atoms with E-state index in [-0.39, 0.29) is 35.7 Å². The van der Waals surface area contributed by atoms with Crippen molar-refractivity contribution in [3.05, 3.63) is 54.1 Å².